The van der Waals surface area contributed by atoms with Crippen molar-refractivity contribution >= 4 is 9.73 Å². The highest BCUT2D eigenvalue weighted by Crippen LogP contribution is 2.04. The van der Waals surface area contributed by atoms with Crippen LogP contribution in [0.5, 0.6) is 0 Å². The zero-order valence-electron chi connectivity index (χ0n) is 7.66. The standard InChI is InChI=1S/C9H12FNOS/c1-13(2,12)11-7-8-3-5-9(10)6-4-8/h3-6H,7H2,1-2H3. The largest absolute Gasteiger partial charge is 0.250 e. The maximum Gasteiger partial charge on any atom is 0.123 e. The highest BCUT2D eigenvalue weighted by atomic mass is 32.2. The van der Waals surface area contributed by atoms with Crippen molar-refractivity contribution in [3.63, 3.8) is 0 Å². The van der Waals surface area contributed by atoms with Crippen LogP contribution in [-0.4, -0.2) is 16.7 Å². The fraction of sp³-hybridized carbons (Fsp3) is 0.333. The van der Waals surface area contributed by atoms with E-state index in [4.69, 9.17) is 0 Å². The normalized spacial score (nSPS) is 11.3. The molecule has 0 aliphatic heterocycles. The topological polar surface area (TPSA) is 29.4 Å². The van der Waals surface area contributed by atoms with Crippen molar-refractivity contribution in [2.75, 3.05) is 12.5 Å². The maximum atomic E-state index is 12.5. The highest BCUT2D eigenvalue weighted by Gasteiger charge is 1.93. The first-order valence-electron chi connectivity index (χ1n) is 3.85. The van der Waals surface area contributed by atoms with Gasteiger partial charge in [0.2, 0.25) is 0 Å². The summed E-state index contributed by atoms with van der Waals surface area (Å²) in [5, 5.41) is 0. The first-order chi connectivity index (χ1) is 5.97. The van der Waals surface area contributed by atoms with Crippen molar-refractivity contribution in [2.24, 2.45) is 4.36 Å². The summed E-state index contributed by atoms with van der Waals surface area (Å²) >= 11 is 0. The summed E-state index contributed by atoms with van der Waals surface area (Å²) in [5.41, 5.74) is 0.873. The van der Waals surface area contributed by atoms with Crippen LogP contribution in [0.1, 0.15) is 5.56 Å². The average Bonchev–Trinajstić information content (AvgIpc) is 2.02. The van der Waals surface area contributed by atoms with Crippen molar-refractivity contribution in [2.45, 2.75) is 6.54 Å². The fourth-order valence-corrected chi connectivity index (χ4v) is 1.28. The molecule has 0 aliphatic carbocycles. The van der Waals surface area contributed by atoms with E-state index in [1.165, 1.54) is 12.1 Å². The Morgan fingerprint density at radius 2 is 1.85 bits per heavy atom. The Morgan fingerprint density at radius 1 is 1.31 bits per heavy atom. The van der Waals surface area contributed by atoms with Crippen LogP contribution in [0, 0.1) is 5.82 Å². The molecule has 0 unspecified atom stereocenters. The predicted molar refractivity (Wildman–Crippen MR) is 52.5 cm³/mol. The van der Waals surface area contributed by atoms with Crippen LogP contribution >= 0.6 is 0 Å². The van der Waals surface area contributed by atoms with Crippen molar-refractivity contribution < 1.29 is 8.60 Å². The molecule has 2 nitrogen and oxygen atoms in total. The quantitative estimate of drug-likeness (QED) is 0.720. The summed E-state index contributed by atoms with van der Waals surface area (Å²) in [6.07, 6.45) is 3.16. The van der Waals surface area contributed by atoms with Gasteiger partial charge in [0.05, 0.1) is 6.54 Å². The summed E-state index contributed by atoms with van der Waals surface area (Å²) in [7, 11) is -2.05. The van der Waals surface area contributed by atoms with Gasteiger partial charge in [0.15, 0.2) is 0 Å². The molecule has 0 bridgehead atoms. The second-order valence-corrected chi connectivity index (χ2v) is 5.72. The molecule has 1 aromatic carbocycles. The Kier molecular flexibility index (Phi) is 3.03. The molecule has 0 saturated carbocycles. The molecule has 0 saturated heterocycles. The van der Waals surface area contributed by atoms with Crippen molar-refractivity contribution in [3.05, 3.63) is 35.6 Å². The molecule has 0 N–H and O–H groups in total. The fourth-order valence-electron chi connectivity index (χ4n) is 0.820. The van der Waals surface area contributed by atoms with E-state index >= 15 is 0 Å². The lowest BCUT2D eigenvalue weighted by Crippen LogP contribution is -1.92. The molecule has 0 fully saturated rings. The molecule has 13 heavy (non-hydrogen) atoms. The molecule has 0 spiro atoms. The summed E-state index contributed by atoms with van der Waals surface area (Å²) in [4.78, 5) is 0. The summed E-state index contributed by atoms with van der Waals surface area (Å²) in [5.74, 6) is -0.266. The zero-order chi connectivity index (χ0) is 9.90. The van der Waals surface area contributed by atoms with Crippen LogP contribution in [-0.2, 0) is 16.3 Å². The van der Waals surface area contributed by atoms with Crippen LogP contribution in [0.3, 0.4) is 0 Å². The van der Waals surface area contributed by atoms with Crippen LogP contribution in [0.15, 0.2) is 28.6 Å². The van der Waals surface area contributed by atoms with E-state index in [2.05, 4.69) is 4.36 Å². The van der Waals surface area contributed by atoms with Gasteiger partial charge in [0, 0.05) is 22.2 Å². The SMILES string of the molecule is CS(C)(=O)=NCc1ccc(F)cc1. The van der Waals surface area contributed by atoms with E-state index in [-0.39, 0.29) is 5.82 Å². The van der Waals surface area contributed by atoms with Crippen LogP contribution in [0.4, 0.5) is 4.39 Å². The number of benzene rings is 1. The first kappa shape index (κ1) is 10.2. The molecular weight excluding hydrogens is 189 g/mol. The van der Waals surface area contributed by atoms with Gasteiger partial charge in [-0.2, -0.15) is 0 Å². The van der Waals surface area contributed by atoms with Gasteiger partial charge < -0.3 is 0 Å². The van der Waals surface area contributed by atoms with Gasteiger partial charge in [-0.25, -0.2) is 8.75 Å². The van der Waals surface area contributed by atoms with Gasteiger partial charge in [0.25, 0.3) is 0 Å². The van der Waals surface area contributed by atoms with Gasteiger partial charge in [-0.05, 0) is 17.7 Å². The van der Waals surface area contributed by atoms with E-state index < -0.39 is 9.73 Å². The molecule has 1 rings (SSSR count). The number of halogens is 1. The minimum Gasteiger partial charge on any atom is -0.250 e. The molecule has 0 amide bonds. The highest BCUT2D eigenvalue weighted by molar-refractivity contribution is 7.92. The molecule has 0 aliphatic rings. The van der Waals surface area contributed by atoms with E-state index in [0.717, 1.165) is 5.56 Å². The van der Waals surface area contributed by atoms with Gasteiger partial charge in [-0.1, -0.05) is 12.1 Å². The minimum atomic E-state index is -2.05. The van der Waals surface area contributed by atoms with Crippen LogP contribution in [0.2, 0.25) is 0 Å². The minimum absolute atomic E-state index is 0.266. The third-order valence-electron chi connectivity index (χ3n) is 1.47. The van der Waals surface area contributed by atoms with E-state index in [9.17, 15) is 8.60 Å². The molecule has 1 aromatic rings. The van der Waals surface area contributed by atoms with Crippen molar-refractivity contribution in [1.82, 2.24) is 0 Å². The molecule has 72 valence electrons. The summed E-state index contributed by atoms with van der Waals surface area (Å²) in [6.45, 7) is 0.381. The lowest BCUT2D eigenvalue weighted by atomic mass is 10.2. The summed E-state index contributed by atoms with van der Waals surface area (Å²) in [6, 6.07) is 6.03. The van der Waals surface area contributed by atoms with Gasteiger partial charge >= 0.3 is 0 Å². The monoisotopic (exact) mass is 201 g/mol. The second-order valence-electron chi connectivity index (χ2n) is 3.09. The van der Waals surface area contributed by atoms with Crippen molar-refractivity contribution in [1.29, 1.82) is 0 Å². The maximum absolute atomic E-state index is 12.5. The number of hydrogen-bond donors (Lipinski definition) is 0. The van der Waals surface area contributed by atoms with Gasteiger partial charge in [-0.15, -0.1) is 0 Å². The van der Waals surface area contributed by atoms with Gasteiger partial charge in [-0.3, -0.25) is 4.21 Å². The van der Waals surface area contributed by atoms with E-state index in [1.54, 1.807) is 24.6 Å². The Hall–Kier alpha value is -0.900. The Balaban J connectivity index is 2.77. The third kappa shape index (κ3) is 4.03. The number of rotatable bonds is 2. The van der Waals surface area contributed by atoms with Crippen molar-refractivity contribution in [3.8, 4) is 0 Å². The smallest absolute Gasteiger partial charge is 0.123 e. The number of nitrogens with zero attached hydrogens (tertiary/aromatic N) is 1. The molecule has 0 heterocycles. The molecule has 0 radical (unpaired) electrons. The molecule has 0 aromatic heterocycles. The summed E-state index contributed by atoms with van der Waals surface area (Å²) < 4.78 is 27.6. The van der Waals surface area contributed by atoms with Gasteiger partial charge in [0.1, 0.15) is 5.82 Å². The lowest BCUT2D eigenvalue weighted by molar-refractivity contribution is 0.627. The Bertz CT molecular complexity index is 383. The van der Waals surface area contributed by atoms with E-state index in [1.807, 2.05) is 0 Å². The zero-order valence-corrected chi connectivity index (χ0v) is 8.47. The Labute approximate surface area is 78.0 Å². The second kappa shape index (κ2) is 3.87. The number of hydrogen-bond acceptors (Lipinski definition) is 2. The van der Waals surface area contributed by atoms with Crippen LogP contribution < -0.4 is 0 Å². The molecular formula is C9H12FNOS. The lowest BCUT2D eigenvalue weighted by Gasteiger charge is -1.97. The first-order valence-corrected chi connectivity index (χ1v) is 6.18. The average molecular weight is 201 g/mol. The third-order valence-corrected chi connectivity index (χ3v) is 2.22. The predicted octanol–water partition coefficient (Wildman–Crippen LogP) is 2.05. The van der Waals surface area contributed by atoms with E-state index in [0.29, 0.717) is 6.54 Å². The molecule has 0 atom stereocenters. The Morgan fingerprint density at radius 3 is 2.31 bits per heavy atom. The molecule has 4 heteroatoms. The van der Waals surface area contributed by atoms with Crippen LogP contribution in [0.25, 0.3) is 0 Å².